The van der Waals surface area contributed by atoms with Gasteiger partial charge in [0, 0.05) is 0 Å². The summed E-state index contributed by atoms with van der Waals surface area (Å²) >= 11 is 9.53. The third-order valence-electron chi connectivity index (χ3n) is 3.88. The number of methoxy groups -OCH3 is 1. The molecule has 0 radical (unpaired) electrons. The molecule has 1 saturated heterocycles. The van der Waals surface area contributed by atoms with Gasteiger partial charge in [-0.15, -0.1) is 0 Å². The van der Waals surface area contributed by atoms with Gasteiger partial charge in [-0.25, -0.2) is 0 Å². The molecule has 0 N–H and O–H groups in total. The van der Waals surface area contributed by atoms with Crippen molar-refractivity contribution in [2.24, 2.45) is 0 Å². The van der Waals surface area contributed by atoms with Crippen LogP contribution in [0.5, 0.6) is 17.4 Å². The highest BCUT2D eigenvalue weighted by molar-refractivity contribution is 9.10. The van der Waals surface area contributed by atoms with Crippen molar-refractivity contribution in [1.29, 1.82) is 0 Å². The Morgan fingerprint density at radius 3 is 2.63 bits per heavy atom. The van der Waals surface area contributed by atoms with Crippen LogP contribution in [0, 0.1) is 0 Å². The summed E-state index contributed by atoms with van der Waals surface area (Å²) < 4.78 is 28.9. The highest BCUT2D eigenvalue weighted by Gasteiger charge is 2.33. The van der Waals surface area contributed by atoms with E-state index in [1.165, 1.54) is 0 Å². The zero-order valence-corrected chi connectivity index (χ0v) is 17.7. The van der Waals surface area contributed by atoms with Crippen LogP contribution in [0.4, 0.5) is 0 Å². The fourth-order valence-corrected chi connectivity index (χ4v) is 3.39. The minimum absolute atomic E-state index is 0.186. The Kier molecular flexibility index (Phi) is 6.47. The molecule has 0 amide bonds. The predicted molar refractivity (Wildman–Crippen MR) is 105 cm³/mol. The number of aromatic nitrogens is 1. The van der Waals surface area contributed by atoms with Gasteiger partial charge in [0.2, 0.25) is 0 Å². The zero-order chi connectivity index (χ0) is 19.4. The number of rotatable bonds is 7. The van der Waals surface area contributed by atoms with E-state index < -0.39 is 5.79 Å². The molecule has 146 valence electrons. The maximum Gasteiger partial charge on any atom is 0.259 e. The van der Waals surface area contributed by atoms with Crippen LogP contribution in [-0.4, -0.2) is 37.2 Å². The first-order valence-corrected chi connectivity index (χ1v) is 9.60. The third-order valence-corrected chi connectivity index (χ3v) is 4.66. The van der Waals surface area contributed by atoms with Crippen molar-refractivity contribution in [3.05, 3.63) is 45.5 Å². The van der Waals surface area contributed by atoms with Crippen molar-refractivity contribution < 1.29 is 23.7 Å². The van der Waals surface area contributed by atoms with Crippen LogP contribution in [0.1, 0.15) is 19.4 Å². The van der Waals surface area contributed by atoms with Crippen molar-refractivity contribution in [3.8, 4) is 17.4 Å². The highest BCUT2D eigenvalue weighted by Crippen LogP contribution is 2.37. The molecule has 0 spiro atoms. The van der Waals surface area contributed by atoms with E-state index in [2.05, 4.69) is 20.9 Å². The lowest BCUT2D eigenvalue weighted by Gasteiger charge is -2.18. The molecule has 3 rings (SSSR count). The molecule has 0 bridgehead atoms. The van der Waals surface area contributed by atoms with Gasteiger partial charge < -0.3 is 23.7 Å². The Labute approximate surface area is 171 Å². The first-order valence-electron chi connectivity index (χ1n) is 8.42. The van der Waals surface area contributed by atoms with Gasteiger partial charge >= 0.3 is 0 Å². The van der Waals surface area contributed by atoms with Crippen LogP contribution in [0.15, 0.2) is 34.8 Å². The van der Waals surface area contributed by atoms with Crippen molar-refractivity contribution in [2.75, 3.05) is 20.3 Å². The molecule has 1 aromatic heterocycles. The minimum Gasteiger partial charge on any atom is -0.497 e. The van der Waals surface area contributed by atoms with Crippen LogP contribution in [0.2, 0.25) is 5.15 Å². The summed E-state index contributed by atoms with van der Waals surface area (Å²) in [7, 11) is 1.63. The van der Waals surface area contributed by atoms with Gasteiger partial charge in [0.05, 0.1) is 18.2 Å². The topological polar surface area (TPSA) is 59.0 Å². The quantitative estimate of drug-likeness (QED) is 0.565. The van der Waals surface area contributed by atoms with Gasteiger partial charge in [0.1, 0.15) is 30.2 Å². The van der Waals surface area contributed by atoms with Gasteiger partial charge in [-0.1, -0.05) is 23.7 Å². The molecule has 1 fully saturated rings. The highest BCUT2D eigenvalue weighted by atomic mass is 79.9. The number of halogens is 2. The molecule has 1 aliphatic heterocycles. The predicted octanol–water partition coefficient (Wildman–Crippen LogP) is 4.62. The third kappa shape index (κ3) is 5.48. The molecule has 0 aliphatic carbocycles. The summed E-state index contributed by atoms with van der Waals surface area (Å²) in [4.78, 5) is 4.24. The molecule has 6 nitrogen and oxygen atoms in total. The Bertz CT molecular complexity index is 784. The lowest BCUT2D eigenvalue weighted by molar-refractivity contribution is -0.141. The number of ether oxygens (including phenoxy) is 5. The van der Waals surface area contributed by atoms with E-state index >= 15 is 0 Å². The summed E-state index contributed by atoms with van der Waals surface area (Å²) in [5, 5.41) is 0.303. The summed E-state index contributed by atoms with van der Waals surface area (Å²) in [5.41, 5.74) is 0.984. The number of hydrogen-bond acceptors (Lipinski definition) is 6. The Morgan fingerprint density at radius 1 is 1.26 bits per heavy atom. The van der Waals surface area contributed by atoms with E-state index in [1.54, 1.807) is 13.2 Å². The monoisotopic (exact) mass is 457 g/mol. The summed E-state index contributed by atoms with van der Waals surface area (Å²) in [5.74, 6) is 0.966. The molecule has 1 atom stereocenters. The van der Waals surface area contributed by atoms with Gasteiger partial charge in [-0.2, -0.15) is 4.98 Å². The molecular weight excluding hydrogens is 438 g/mol. The van der Waals surface area contributed by atoms with E-state index in [0.717, 1.165) is 11.3 Å². The first-order chi connectivity index (χ1) is 12.9. The van der Waals surface area contributed by atoms with Gasteiger partial charge in [0.15, 0.2) is 11.5 Å². The molecule has 1 aliphatic rings. The van der Waals surface area contributed by atoms with Gasteiger partial charge in [0.25, 0.3) is 5.88 Å². The molecule has 0 saturated carbocycles. The number of pyridine rings is 1. The van der Waals surface area contributed by atoms with E-state index in [0.29, 0.717) is 34.5 Å². The Hall–Kier alpha value is -1.54. The van der Waals surface area contributed by atoms with Crippen LogP contribution in [0.3, 0.4) is 0 Å². The second-order valence-electron chi connectivity index (χ2n) is 6.46. The number of benzene rings is 1. The van der Waals surface area contributed by atoms with Crippen molar-refractivity contribution in [3.63, 3.8) is 0 Å². The Balaban J connectivity index is 1.68. The maximum atomic E-state index is 6.07. The lowest BCUT2D eigenvalue weighted by Crippen LogP contribution is -2.25. The molecule has 27 heavy (non-hydrogen) atoms. The molecule has 2 aromatic rings. The molecule has 1 aromatic carbocycles. The fraction of sp³-hybridized carbons (Fsp3) is 0.421. The molecule has 8 heteroatoms. The van der Waals surface area contributed by atoms with Gasteiger partial charge in [-0.3, -0.25) is 0 Å². The average molecular weight is 459 g/mol. The molecular formula is C19H21BrClNO5. The Morgan fingerprint density at radius 2 is 2.00 bits per heavy atom. The first kappa shape index (κ1) is 20.2. The van der Waals surface area contributed by atoms with Crippen molar-refractivity contribution in [1.82, 2.24) is 4.98 Å². The van der Waals surface area contributed by atoms with Crippen LogP contribution >= 0.6 is 27.5 Å². The fourth-order valence-electron chi connectivity index (χ4n) is 2.58. The average Bonchev–Trinajstić information content (AvgIpc) is 2.98. The molecule has 0 unspecified atom stereocenters. The molecule has 2 heterocycles. The van der Waals surface area contributed by atoms with Gasteiger partial charge in [-0.05, 0) is 53.5 Å². The minimum atomic E-state index is -0.607. The number of hydrogen-bond donors (Lipinski definition) is 0. The largest absolute Gasteiger partial charge is 0.497 e. The maximum absolute atomic E-state index is 6.07. The summed E-state index contributed by atoms with van der Waals surface area (Å²) in [6.07, 6.45) is -0.186. The second kappa shape index (κ2) is 8.65. The second-order valence-corrected chi connectivity index (χ2v) is 7.70. The van der Waals surface area contributed by atoms with Crippen molar-refractivity contribution in [2.45, 2.75) is 32.3 Å². The SMILES string of the molecule is COc1ccc(COc2c(Br)cc(Cl)nc2OC[C@@H]2COC(C)(C)O2)cc1. The van der Waals surface area contributed by atoms with E-state index in [1.807, 2.05) is 38.1 Å². The standard InChI is InChI=1S/C19H21BrClNO5/c1-19(2)26-11-14(27-19)10-25-18-17(15(20)8-16(21)22-18)24-9-12-4-6-13(23-3)7-5-12/h4-8,14H,9-11H2,1-3H3/t14-/m1/s1. The van der Waals surface area contributed by atoms with Crippen molar-refractivity contribution >= 4 is 27.5 Å². The van der Waals surface area contributed by atoms with E-state index in [4.69, 9.17) is 35.3 Å². The van der Waals surface area contributed by atoms with E-state index in [-0.39, 0.29) is 12.7 Å². The van der Waals surface area contributed by atoms with E-state index in [9.17, 15) is 0 Å². The lowest BCUT2D eigenvalue weighted by atomic mass is 10.2. The van der Waals surface area contributed by atoms with Crippen LogP contribution in [0.25, 0.3) is 0 Å². The number of nitrogens with zero attached hydrogens (tertiary/aromatic N) is 1. The normalized spacial score (nSPS) is 18.3. The smallest absolute Gasteiger partial charge is 0.259 e. The summed E-state index contributed by atoms with van der Waals surface area (Å²) in [6, 6.07) is 9.29. The zero-order valence-electron chi connectivity index (χ0n) is 15.3. The van der Waals surface area contributed by atoms with Crippen LogP contribution < -0.4 is 14.2 Å². The summed E-state index contributed by atoms with van der Waals surface area (Å²) in [6.45, 7) is 4.81. The van der Waals surface area contributed by atoms with Crippen LogP contribution in [-0.2, 0) is 16.1 Å².